The number of para-hydroxylation sites is 1. The minimum atomic E-state index is 0.715. The van der Waals surface area contributed by atoms with Gasteiger partial charge >= 0.3 is 0 Å². The zero-order valence-corrected chi connectivity index (χ0v) is 19.8. The number of methoxy groups -OCH3 is 1. The number of anilines is 1. The van der Waals surface area contributed by atoms with Gasteiger partial charge in [0, 0.05) is 44.5 Å². The third-order valence-electron chi connectivity index (χ3n) is 6.72. The van der Waals surface area contributed by atoms with E-state index < -0.39 is 0 Å². The fourth-order valence-corrected chi connectivity index (χ4v) is 4.82. The van der Waals surface area contributed by atoms with Crippen molar-refractivity contribution in [2.24, 2.45) is 0 Å². The second-order valence-corrected chi connectivity index (χ2v) is 8.98. The monoisotopic (exact) mass is 464 g/mol. The number of piperazine rings is 1. The van der Waals surface area contributed by atoms with Crippen LogP contribution >= 0.6 is 0 Å². The maximum Gasteiger partial charge on any atom is 0.213 e. The molecule has 0 aliphatic carbocycles. The van der Waals surface area contributed by atoms with Crippen LogP contribution in [0.5, 0.6) is 5.75 Å². The Hall–Kier alpha value is -3.97. The first-order valence-electron chi connectivity index (χ1n) is 12.1. The first-order chi connectivity index (χ1) is 17.3. The molecule has 3 heterocycles. The normalized spacial score (nSPS) is 14.6. The lowest BCUT2D eigenvalue weighted by Crippen LogP contribution is -2.47. The second kappa shape index (κ2) is 9.35. The molecule has 0 spiro atoms. The van der Waals surface area contributed by atoms with E-state index in [1.54, 1.807) is 7.11 Å². The Labute approximate surface area is 204 Å². The summed E-state index contributed by atoms with van der Waals surface area (Å²) < 4.78 is 7.45. The minimum absolute atomic E-state index is 0.715. The Bertz CT molecular complexity index is 1440. The highest BCUT2D eigenvalue weighted by Crippen LogP contribution is 2.26. The highest BCUT2D eigenvalue weighted by molar-refractivity contribution is 5.92. The molecule has 0 amide bonds. The van der Waals surface area contributed by atoms with E-state index in [1.807, 2.05) is 30.3 Å². The summed E-state index contributed by atoms with van der Waals surface area (Å²) in [4.78, 5) is 9.98. The van der Waals surface area contributed by atoms with Gasteiger partial charge in [-0.25, -0.2) is 9.38 Å². The van der Waals surface area contributed by atoms with Crippen LogP contribution in [-0.4, -0.2) is 57.8 Å². The van der Waals surface area contributed by atoms with Crippen LogP contribution in [0, 0.1) is 0 Å². The SMILES string of the molecule is COc1ccc(CN2CCN(c3nc4ccccc4c4nnc(Cc5ccccc5)n34)CC2)cc1. The molecule has 176 valence electrons. The Morgan fingerprint density at radius 2 is 1.51 bits per heavy atom. The predicted octanol–water partition coefficient (Wildman–Crippen LogP) is 4.20. The first-order valence-corrected chi connectivity index (χ1v) is 12.1. The molecular weight excluding hydrogens is 436 g/mol. The van der Waals surface area contributed by atoms with E-state index in [2.05, 4.69) is 72.9 Å². The number of hydrogen-bond donors (Lipinski definition) is 0. The maximum absolute atomic E-state index is 5.29. The number of benzene rings is 3. The van der Waals surface area contributed by atoms with E-state index in [1.165, 1.54) is 11.1 Å². The van der Waals surface area contributed by atoms with Gasteiger partial charge in [0.05, 0.1) is 12.6 Å². The lowest BCUT2D eigenvalue weighted by atomic mass is 10.1. The minimum Gasteiger partial charge on any atom is -0.497 e. The van der Waals surface area contributed by atoms with Crippen LogP contribution < -0.4 is 9.64 Å². The Kier molecular flexibility index (Phi) is 5.76. The van der Waals surface area contributed by atoms with E-state index in [0.29, 0.717) is 6.42 Å². The number of rotatable bonds is 6. The van der Waals surface area contributed by atoms with Crippen molar-refractivity contribution in [3.8, 4) is 5.75 Å². The van der Waals surface area contributed by atoms with Crippen LogP contribution in [-0.2, 0) is 13.0 Å². The lowest BCUT2D eigenvalue weighted by Gasteiger charge is -2.35. The van der Waals surface area contributed by atoms with Gasteiger partial charge in [-0.15, -0.1) is 10.2 Å². The molecule has 0 saturated carbocycles. The Morgan fingerprint density at radius 1 is 0.771 bits per heavy atom. The topological polar surface area (TPSA) is 58.8 Å². The van der Waals surface area contributed by atoms with Crippen LogP contribution in [0.15, 0.2) is 78.9 Å². The van der Waals surface area contributed by atoms with Gasteiger partial charge in [0.2, 0.25) is 5.95 Å². The van der Waals surface area contributed by atoms with Gasteiger partial charge in [0.25, 0.3) is 0 Å². The van der Waals surface area contributed by atoms with E-state index >= 15 is 0 Å². The summed E-state index contributed by atoms with van der Waals surface area (Å²) in [5.41, 5.74) is 4.34. The number of fused-ring (bicyclic) bond motifs is 3. The zero-order valence-electron chi connectivity index (χ0n) is 19.8. The fourth-order valence-electron chi connectivity index (χ4n) is 4.82. The summed E-state index contributed by atoms with van der Waals surface area (Å²) in [5, 5.41) is 10.2. The average Bonchev–Trinajstić information content (AvgIpc) is 3.34. The van der Waals surface area contributed by atoms with Crippen LogP contribution in [0.3, 0.4) is 0 Å². The van der Waals surface area contributed by atoms with E-state index in [0.717, 1.165) is 66.8 Å². The molecular formula is C28H28N6O. The molecule has 5 aromatic rings. The standard InChI is InChI=1S/C28H28N6O/c1-35-23-13-11-22(12-14-23)20-32-15-17-33(18-16-32)28-29-25-10-6-5-9-24(25)27-31-30-26(34(27)28)19-21-7-3-2-4-8-21/h2-14H,15-20H2,1H3. The van der Waals surface area contributed by atoms with Crippen molar-refractivity contribution in [2.75, 3.05) is 38.2 Å². The van der Waals surface area contributed by atoms with Gasteiger partial charge in [-0.2, -0.15) is 0 Å². The molecule has 35 heavy (non-hydrogen) atoms. The van der Waals surface area contributed by atoms with E-state index in [4.69, 9.17) is 9.72 Å². The largest absolute Gasteiger partial charge is 0.497 e. The number of aromatic nitrogens is 4. The molecule has 2 aromatic heterocycles. The predicted molar refractivity (Wildman–Crippen MR) is 138 cm³/mol. The third kappa shape index (κ3) is 4.31. The summed E-state index contributed by atoms with van der Waals surface area (Å²) in [6, 6.07) is 27.0. The highest BCUT2D eigenvalue weighted by Gasteiger charge is 2.23. The lowest BCUT2D eigenvalue weighted by molar-refractivity contribution is 0.248. The maximum atomic E-state index is 5.29. The van der Waals surface area contributed by atoms with Gasteiger partial charge in [0.15, 0.2) is 5.65 Å². The molecule has 1 fully saturated rings. The van der Waals surface area contributed by atoms with Crippen molar-refractivity contribution in [1.82, 2.24) is 24.5 Å². The molecule has 7 nitrogen and oxygen atoms in total. The molecule has 1 aliphatic heterocycles. The highest BCUT2D eigenvalue weighted by atomic mass is 16.5. The summed E-state index contributed by atoms with van der Waals surface area (Å²) in [6.45, 7) is 4.68. The average molecular weight is 465 g/mol. The molecule has 1 saturated heterocycles. The summed E-state index contributed by atoms with van der Waals surface area (Å²) in [6.07, 6.45) is 0.715. The van der Waals surface area contributed by atoms with Crippen LogP contribution in [0.4, 0.5) is 5.95 Å². The number of nitrogens with zero attached hydrogens (tertiary/aromatic N) is 6. The molecule has 3 aromatic carbocycles. The van der Waals surface area contributed by atoms with Crippen LogP contribution in [0.2, 0.25) is 0 Å². The van der Waals surface area contributed by atoms with Crippen molar-refractivity contribution in [2.45, 2.75) is 13.0 Å². The molecule has 6 rings (SSSR count). The van der Waals surface area contributed by atoms with Gasteiger partial charge in [-0.1, -0.05) is 54.6 Å². The van der Waals surface area contributed by atoms with Crippen LogP contribution in [0.25, 0.3) is 16.6 Å². The number of ether oxygens (including phenoxy) is 1. The molecule has 7 heteroatoms. The van der Waals surface area contributed by atoms with Gasteiger partial charge in [0.1, 0.15) is 11.6 Å². The molecule has 0 bridgehead atoms. The third-order valence-corrected chi connectivity index (χ3v) is 6.72. The smallest absolute Gasteiger partial charge is 0.213 e. The van der Waals surface area contributed by atoms with Crippen molar-refractivity contribution >= 4 is 22.5 Å². The zero-order chi connectivity index (χ0) is 23.6. The molecule has 0 N–H and O–H groups in total. The van der Waals surface area contributed by atoms with Crippen molar-refractivity contribution in [1.29, 1.82) is 0 Å². The van der Waals surface area contributed by atoms with Crippen LogP contribution in [0.1, 0.15) is 17.0 Å². The summed E-state index contributed by atoms with van der Waals surface area (Å²) in [7, 11) is 1.70. The molecule has 0 unspecified atom stereocenters. The van der Waals surface area contributed by atoms with Crippen molar-refractivity contribution in [3.63, 3.8) is 0 Å². The summed E-state index contributed by atoms with van der Waals surface area (Å²) >= 11 is 0. The van der Waals surface area contributed by atoms with Crippen molar-refractivity contribution in [3.05, 3.63) is 95.8 Å². The molecule has 0 radical (unpaired) electrons. The quantitative estimate of drug-likeness (QED) is 0.375. The van der Waals surface area contributed by atoms with Gasteiger partial charge in [-0.05, 0) is 35.4 Å². The Balaban J connectivity index is 1.29. The van der Waals surface area contributed by atoms with Gasteiger partial charge in [-0.3, -0.25) is 4.90 Å². The molecule has 0 atom stereocenters. The number of hydrogen-bond acceptors (Lipinski definition) is 6. The summed E-state index contributed by atoms with van der Waals surface area (Å²) in [5.74, 6) is 2.74. The Morgan fingerprint density at radius 3 is 2.29 bits per heavy atom. The fraction of sp³-hybridized carbons (Fsp3) is 0.250. The van der Waals surface area contributed by atoms with Gasteiger partial charge < -0.3 is 9.64 Å². The van der Waals surface area contributed by atoms with Crippen molar-refractivity contribution < 1.29 is 4.74 Å². The van der Waals surface area contributed by atoms with E-state index in [-0.39, 0.29) is 0 Å². The molecule has 1 aliphatic rings. The van der Waals surface area contributed by atoms with E-state index in [9.17, 15) is 0 Å². The second-order valence-electron chi connectivity index (χ2n) is 8.98. The first kappa shape index (κ1) is 21.6.